The van der Waals surface area contributed by atoms with Gasteiger partial charge in [-0.15, -0.1) is 0 Å². The second kappa shape index (κ2) is 8.94. The van der Waals surface area contributed by atoms with E-state index in [9.17, 15) is 13.2 Å². The average molecular weight is 423 g/mol. The van der Waals surface area contributed by atoms with Gasteiger partial charge in [0.05, 0.1) is 17.2 Å². The standard InChI is InChI=1S/C20H23ClN2O4S/c1-2-27-18-11-10-15(22-20(24)16-8-4-5-9-17(16)21)14-19(18)28(25,26)23-12-6-3-7-13-23/h4-5,8-11,14H,2-3,6-7,12-13H2,1H3,(H,22,24). The lowest BCUT2D eigenvalue weighted by molar-refractivity contribution is 0.102. The quantitative estimate of drug-likeness (QED) is 0.758. The molecule has 0 radical (unpaired) electrons. The van der Waals surface area contributed by atoms with Gasteiger partial charge in [-0.1, -0.05) is 30.2 Å². The molecule has 2 aromatic carbocycles. The zero-order chi connectivity index (χ0) is 20.1. The van der Waals surface area contributed by atoms with Crippen LogP contribution in [0.3, 0.4) is 0 Å². The van der Waals surface area contributed by atoms with E-state index in [1.54, 1.807) is 43.3 Å². The number of hydrogen-bond acceptors (Lipinski definition) is 4. The third-order valence-corrected chi connectivity index (χ3v) is 6.80. The molecule has 1 aliphatic rings. The third kappa shape index (κ3) is 4.48. The number of halogens is 1. The first-order chi connectivity index (χ1) is 13.4. The molecule has 1 amide bonds. The van der Waals surface area contributed by atoms with Crippen LogP contribution in [0.25, 0.3) is 0 Å². The maximum absolute atomic E-state index is 13.2. The van der Waals surface area contributed by atoms with Crippen molar-refractivity contribution < 1.29 is 17.9 Å². The minimum Gasteiger partial charge on any atom is -0.492 e. The van der Waals surface area contributed by atoms with Gasteiger partial charge in [0.1, 0.15) is 10.6 Å². The average Bonchev–Trinajstić information content (AvgIpc) is 2.70. The van der Waals surface area contributed by atoms with Crippen molar-refractivity contribution in [3.05, 3.63) is 53.1 Å². The van der Waals surface area contributed by atoms with Crippen molar-refractivity contribution in [2.75, 3.05) is 25.0 Å². The Labute approximate surface area is 170 Å². The number of amides is 1. The first-order valence-corrected chi connectivity index (χ1v) is 11.1. The fourth-order valence-electron chi connectivity index (χ4n) is 3.15. The van der Waals surface area contributed by atoms with Crippen LogP contribution in [0.2, 0.25) is 5.02 Å². The number of nitrogens with zero attached hydrogens (tertiary/aromatic N) is 1. The number of nitrogens with one attached hydrogen (secondary N) is 1. The summed E-state index contributed by atoms with van der Waals surface area (Å²) in [6.45, 7) is 3.12. The second-order valence-electron chi connectivity index (χ2n) is 6.49. The number of anilines is 1. The molecule has 0 aromatic heterocycles. The summed E-state index contributed by atoms with van der Waals surface area (Å²) in [6.07, 6.45) is 2.70. The van der Waals surface area contributed by atoms with Gasteiger partial charge in [-0.3, -0.25) is 4.79 Å². The molecule has 1 fully saturated rings. The lowest BCUT2D eigenvalue weighted by atomic mass is 10.2. The smallest absolute Gasteiger partial charge is 0.257 e. The molecule has 0 aliphatic carbocycles. The number of carbonyl (C=O) groups excluding carboxylic acids is 1. The Hall–Kier alpha value is -2.09. The summed E-state index contributed by atoms with van der Waals surface area (Å²) in [4.78, 5) is 12.6. The van der Waals surface area contributed by atoms with Crippen molar-refractivity contribution in [2.24, 2.45) is 0 Å². The predicted molar refractivity (Wildman–Crippen MR) is 110 cm³/mol. The SMILES string of the molecule is CCOc1ccc(NC(=O)c2ccccc2Cl)cc1S(=O)(=O)N1CCCCC1. The zero-order valence-corrected chi connectivity index (χ0v) is 17.2. The van der Waals surface area contributed by atoms with Gasteiger partial charge in [-0.25, -0.2) is 8.42 Å². The summed E-state index contributed by atoms with van der Waals surface area (Å²) < 4.78 is 33.3. The predicted octanol–water partition coefficient (Wildman–Crippen LogP) is 4.17. The van der Waals surface area contributed by atoms with E-state index in [0.29, 0.717) is 36.0 Å². The van der Waals surface area contributed by atoms with Crippen molar-refractivity contribution in [1.82, 2.24) is 4.31 Å². The van der Waals surface area contributed by atoms with Crippen molar-refractivity contribution >= 4 is 33.2 Å². The number of benzene rings is 2. The molecular formula is C20H23ClN2O4S. The van der Waals surface area contributed by atoms with E-state index < -0.39 is 15.9 Å². The molecule has 0 unspecified atom stereocenters. The molecule has 3 rings (SSSR count). The minimum atomic E-state index is -3.72. The second-order valence-corrected chi connectivity index (χ2v) is 8.81. The van der Waals surface area contributed by atoms with Crippen molar-refractivity contribution in [3.63, 3.8) is 0 Å². The van der Waals surface area contributed by atoms with E-state index in [-0.39, 0.29) is 10.6 Å². The molecular weight excluding hydrogens is 400 g/mol. The lowest BCUT2D eigenvalue weighted by Crippen LogP contribution is -2.35. The topological polar surface area (TPSA) is 75.7 Å². The summed E-state index contributed by atoms with van der Waals surface area (Å²) in [5.41, 5.74) is 0.683. The Morgan fingerprint density at radius 1 is 1.14 bits per heavy atom. The summed E-state index contributed by atoms with van der Waals surface area (Å²) in [5, 5.41) is 3.05. The molecule has 1 N–H and O–H groups in total. The normalized spacial score (nSPS) is 15.2. The fraction of sp³-hybridized carbons (Fsp3) is 0.350. The van der Waals surface area contributed by atoms with Crippen molar-refractivity contribution in [3.8, 4) is 5.75 Å². The van der Waals surface area contributed by atoms with E-state index in [0.717, 1.165) is 19.3 Å². The summed E-state index contributed by atoms with van der Waals surface area (Å²) in [7, 11) is -3.72. The highest BCUT2D eigenvalue weighted by molar-refractivity contribution is 7.89. The largest absolute Gasteiger partial charge is 0.492 e. The van der Waals surface area contributed by atoms with E-state index in [1.165, 1.54) is 10.4 Å². The van der Waals surface area contributed by atoms with Gasteiger partial charge < -0.3 is 10.1 Å². The van der Waals surface area contributed by atoms with Crippen LogP contribution in [0.1, 0.15) is 36.5 Å². The third-order valence-electron chi connectivity index (χ3n) is 4.55. The van der Waals surface area contributed by atoms with E-state index in [2.05, 4.69) is 5.32 Å². The molecule has 0 saturated carbocycles. The fourth-order valence-corrected chi connectivity index (χ4v) is 5.05. The van der Waals surface area contributed by atoms with Crippen LogP contribution in [0.4, 0.5) is 5.69 Å². The zero-order valence-electron chi connectivity index (χ0n) is 15.7. The lowest BCUT2D eigenvalue weighted by Gasteiger charge is -2.27. The number of sulfonamides is 1. The molecule has 0 atom stereocenters. The molecule has 2 aromatic rings. The van der Waals surface area contributed by atoms with Gasteiger partial charge >= 0.3 is 0 Å². The molecule has 1 heterocycles. The molecule has 8 heteroatoms. The van der Waals surface area contributed by atoms with Gasteiger partial charge in [-0.2, -0.15) is 4.31 Å². The first-order valence-electron chi connectivity index (χ1n) is 9.26. The van der Waals surface area contributed by atoms with E-state index in [4.69, 9.17) is 16.3 Å². The summed E-state index contributed by atoms with van der Waals surface area (Å²) in [6, 6.07) is 11.3. The van der Waals surface area contributed by atoms with Crippen LogP contribution in [-0.4, -0.2) is 38.3 Å². The van der Waals surface area contributed by atoms with Crippen LogP contribution in [-0.2, 0) is 10.0 Å². The van der Waals surface area contributed by atoms with Gasteiger partial charge in [-0.05, 0) is 50.1 Å². The first kappa shape index (κ1) is 20.6. The number of piperidine rings is 1. The molecule has 1 aliphatic heterocycles. The summed E-state index contributed by atoms with van der Waals surface area (Å²) in [5.74, 6) is -0.125. The Morgan fingerprint density at radius 2 is 1.86 bits per heavy atom. The Bertz CT molecular complexity index is 956. The van der Waals surface area contributed by atoms with Crippen LogP contribution in [0.15, 0.2) is 47.4 Å². The van der Waals surface area contributed by atoms with Gasteiger partial charge in [0.15, 0.2) is 0 Å². The number of rotatable bonds is 6. The Balaban J connectivity index is 1.93. The summed E-state index contributed by atoms with van der Waals surface area (Å²) >= 11 is 6.07. The van der Waals surface area contributed by atoms with Gasteiger partial charge in [0, 0.05) is 18.8 Å². The van der Waals surface area contributed by atoms with Crippen LogP contribution < -0.4 is 10.1 Å². The maximum Gasteiger partial charge on any atom is 0.257 e. The monoisotopic (exact) mass is 422 g/mol. The van der Waals surface area contributed by atoms with Crippen LogP contribution in [0.5, 0.6) is 5.75 Å². The van der Waals surface area contributed by atoms with Gasteiger partial charge in [0.2, 0.25) is 10.0 Å². The Kier molecular flexibility index (Phi) is 6.59. The van der Waals surface area contributed by atoms with Crippen molar-refractivity contribution in [2.45, 2.75) is 31.1 Å². The van der Waals surface area contributed by atoms with E-state index >= 15 is 0 Å². The highest BCUT2D eigenvalue weighted by atomic mass is 35.5. The number of hydrogen-bond donors (Lipinski definition) is 1. The molecule has 28 heavy (non-hydrogen) atoms. The number of ether oxygens (including phenoxy) is 1. The number of carbonyl (C=O) groups is 1. The minimum absolute atomic E-state index is 0.0632. The van der Waals surface area contributed by atoms with Gasteiger partial charge in [0.25, 0.3) is 5.91 Å². The molecule has 6 nitrogen and oxygen atoms in total. The molecule has 150 valence electrons. The van der Waals surface area contributed by atoms with Crippen LogP contribution >= 0.6 is 11.6 Å². The van der Waals surface area contributed by atoms with Crippen molar-refractivity contribution in [1.29, 1.82) is 0 Å². The van der Waals surface area contributed by atoms with Crippen LogP contribution in [0, 0.1) is 0 Å². The van der Waals surface area contributed by atoms with E-state index in [1.807, 2.05) is 0 Å². The highest BCUT2D eigenvalue weighted by Gasteiger charge is 2.29. The molecule has 1 saturated heterocycles. The maximum atomic E-state index is 13.2. The molecule has 0 spiro atoms. The highest BCUT2D eigenvalue weighted by Crippen LogP contribution is 2.31. The molecule has 0 bridgehead atoms. The Morgan fingerprint density at radius 3 is 2.54 bits per heavy atom.